The van der Waals surface area contributed by atoms with Crippen molar-refractivity contribution in [2.45, 2.75) is 31.4 Å². The molecule has 154 valence electrons. The quantitative estimate of drug-likeness (QED) is 0.468. The van der Waals surface area contributed by atoms with E-state index >= 15 is 0 Å². The van der Waals surface area contributed by atoms with Crippen LogP contribution in [0.4, 0.5) is 11.4 Å². The van der Waals surface area contributed by atoms with E-state index in [0.717, 1.165) is 27.6 Å². The van der Waals surface area contributed by atoms with Crippen molar-refractivity contribution >= 4 is 35.0 Å². The summed E-state index contributed by atoms with van der Waals surface area (Å²) in [6.45, 7) is 5.69. The topological polar surface area (TPSA) is 58.2 Å². The van der Waals surface area contributed by atoms with E-state index < -0.39 is 5.41 Å². The van der Waals surface area contributed by atoms with Crippen LogP contribution in [0.25, 0.3) is 0 Å². The van der Waals surface area contributed by atoms with Crippen molar-refractivity contribution in [3.05, 3.63) is 90.0 Å². The molecule has 3 aromatic rings. The van der Waals surface area contributed by atoms with Gasteiger partial charge in [-0.15, -0.1) is 11.8 Å². The van der Waals surface area contributed by atoms with Crippen LogP contribution in [0, 0.1) is 5.41 Å². The fourth-order valence-electron chi connectivity index (χ4n) is 2.70. The molecule has 4 nitrogen and oxygen atoms in total. The van der Waals surface area contributed by atoms with Gasteiger partial charge in [0, 0.05) is 27.3 Å². The van der Waals surface area contributed by atoms with Crippen LogP contribution in [-0.4, -0.2) is 11.8 Å². The van der Waals surface area contributed by atoms with Gasteiger partial charge < -0.3 is 10.6 Å². The molecular weight excluding hydrogens is 392 g/mol. The normalized spacial score (nSPS) is 11.0. The maximum absolute atomic E-state index is 12.4. The van der Waals surface area contributed by atoms with E-state index in [2.05, 4.69) is 10.6 Å². The molecule has 0 unspecified atom stereocenters. The molecule has 3 rings (SSSR count). The van der Waals surface area contributed by atoms with Crippen molar-refractivity contribution in [1.82, 2.24) is 0 Å². The molecule has 0 radical (unpaired) electrons. The summed E-state index contributed by atoms with van der Waals surface area (Å²) in [6, 6.07) is 24.8. The first kappa shape index (κ1) is 21.7. The van der Waals surface area contributed by atoms with Crippen molar-refractivity contribution in [1.29, 1.82) is 0 Å². The largest absolute Gasteiger partial charge is 0.325 e. The molecule has 0 aromatic heterocycles. The number of hydrogen-bond donors (Lipinski definition) is 2. The van der Waals surface area contributed by atoms with Crippen LogP contribution in [0.1, 0.15) is 36.7 Å². The van der Waals surface area contributed by atoms with Crippen LogP contribution in [0.2, 0.25) is 0 Å². The Hall–Kier alpha value is -3.05. The van der Waals surface area contributed by atoms with Gasteiger partial charge in [-0.1, -0.05) is 63.2 Å². The first-order valence-electron chi connectivity index (χ1n) is 9.81. The Morgan fingerprint density at radius 1 is 0.833 bits per heavy atom. The molecule has 0 heterocycles. The van der Waals surface area contributed by atoms with Crippen molar-refractivity contribution < 1.29 is 9.59 Å². The fraction of sp³-hybridized carbons (Fsp3) is 0.200. The van der Waals surface area contributed by atoms with Gasteiger partial charge in [0.25, 0.3) is 5.91 Å². The molecule has 0 aliphatic heterocycles. The first-order chi connectivity index (χ1) is 14.3. The van der Waals surface area contributed by atoms with E-state index in [4.69, 9.17) is 0 Å². The minimum atomic E-state index is -0.455. The first-order valence-corrected chi connectivity index (χ1v) is 10.8. The highest BCUT2D eigenvalue weighted by atomic mass is 32.2. The number of amides is 2. The minimum Gasteiger partial charge on any atom is -0.325 e. The third-order valence-corrected chi connectivity index (χ3v) is 5.58. The van der Waals surface area contributed by atoms with Gasteiger partial charge in [-0.05, 0) is 42.0 Å². The van der Waals surface area contributed by atoms with Gasteiger partial charge >= 0.3 is 0 Å². The molecule has 0 bridgehead atoms. The molecule has 0 fully saturated rings. The Morgan fingerprint density at radius 3 is 2.27 bits per heavy atom. The van der Waals surface area contributed by atoms with Gasteiger partial charge in [-0.25, -0.2) is 0 Å². The van der Waals surface area contributed by atoms with Crippen LogP contribution in [0.5, 0.6) is 0 Å². The molecule has 30 heavy (non-hydrogen) atoms. The summed E-state index contributed by atoms with van der Waals surface area (Å²) in [5.41, 5.74) is 2.83. The molecule has 5 heteroatoms. The lowest BCUT2D eigenvalue weighted by Crippen LogP contribution is -2.27. The van der Waals surface area contributed by atoms with Crippen molar-refractivity contribution in [2.75, 3.05) is 10.6 Å². The summed E-state index contributed by atoms with van der Waals surface area (Å²) in [4.78, 5) is 25.7. The second-order valence-corrected chi connectivity index (χ2v) is 9.03. The van der Waals surface area contributed by atoms with Crippen molar-refractivity contribution in [3.8, 4) is 0 Å². The number of hydrogen-bond acceptors (Lipinski definition) is 3. The van der Waals surface area contributed by atoms with Crippen LogP contribution in [0.15, 0.2) is 83.8 Å². The highest BCUT2D eigenvalue weighted by molar-refractivity contribution is 7.98. The number of carbonyl (C=O) groups is 2. The van der Waals surface area contributed by atoms with Crippen LogP contribution < -0.4 is 10.6 Å². The average molecular weight is 419 g/mol. The summed E-state index contributed by atoms with van der Waals surface area (Å²) >= 11 is 1.65. The molecule has 2 amide bonds. The fourth-order valence-corrected chi connectivity index (χ4v) is 3.65. The minimum absolute atomic E-state index is 0.0128. The molecule has 0 atom stereocenters. The van der Waals surface area contributed by atoms with E-state index in [9.17, 15) is 9.59 Å². The standard InChI is InChI=1S/C25H26N2O2S/c1-25(2,3)24(29)27-21-14-7-8-15-22(21)30-17-18-10-9-13-20(16-18)26-23(28)19-11-5-4-6-12-19/h4-16H,17H2,1-3H3,(H,26,28)(H,27,29). The Balaban J connectivity index is 1.66. The van der Waals surface area contributed by atoms with E-state index in [1.54, 1.807) is 23.9 Å². The van der Waals surface area contributed by atoms with E-state index in [0.29, 0.717) is 5.56 Å². The summed E-state index contributed by atoms with van der Waals surface area (Å²) in [5, 5.41) is 5.97. The zero-order chi connectivity index (χ0) is 21.6. The van der Waals surface area contributed by atoms with Gasteiger partial charge in [0.1, 0.15) is 0 Å². The molecule has 2 N–H and O–H groups in total. The van der Waals surface area contributed by atoms with Gasteiger partial charge in [0.2, 0.25) is 5.91 Å². The Kier molecular flexibility index (Phi) is 6.95. The van der Waals surface area contributed by atoms with Crippen LogP contribution in [-0.2, 0) is 10.5 Å². The molecule has 0 saturated carbocycles. The third kappa shape index (κ3) is 5.97. The van der Waals surface area contributed by atoms with Crippen LogP contribution >= 0.6 is 11.8 Å². The highest BCUT2D eigenvalue weighted by Gasteiger charge is 2.22. The Bertz CT molecular complexity index is 1030. The van der Waals surface area contributed by atoms with Gasteiger partial charge in [0.05, 0.1) is 5.69 Å². The Morgan fingerprint density at radius 2 is 1.53 bits per heavy atom. The van der Waals surface area contributed by atoms with E-state index in [1.807, 2.05) is 87.5 Å². The zero-order valence-electron chi connectivity index (χ0n) is 17.4. The van der Waals surface area contributed by atoms with Gasteiger partial charge in [-0.3, -0.25) is 9.59 Å². The van der Waals surface area contributed by atoms with Gasteiger partial charge in [-0.2, -0.15) is 0 Å². The average Bonchev–Trinajstić information content (AvgIpc) is 2.73. The smallest absolute Gasteiger partial charge is 0.255 e. The maximum Gasteiger partial charge on any atom is 0.255 e. The lowest BCUT2D eigenvalue weighted by Gasteiger charge is -2.19. The summed E-state index contributed by atoms with van der Waals surface area (Å²) in [7, 11) is 0. The van der Waals surface area contributed by atoms with E-state index in [-0.39, 0.29) is 11.8 Å². The van der Waals surface area contributed by atoms with E-state index in [1.165, 1.54) is 0 Å². The predicted molar refractivity (Wildman–Crippen MR) is 125 cm³/mol. The SMILES string of the molecule is CC(C)(C)C(=O)Nc1ccccc1SCc1cccc(NC(=O)c2ccccc2)c1. The molecule has 0 aliphatic carbocycles. The molecule has 3 aromatic carbocycles. The number of thioether (sulfide) groups is 1. The number of benzene rings is 3. The highest BCUT2D eigenvalue weighted by Crippen LogP contribution is 2.31. The second kappa shape index (κ2) is 9.63. The summed E-state index contributed by atoms with van der Waals surface area (Å²) in [5.74, 6) is 0.578. The lowest BCUT2D eigenvalue weighted by atomic mass is 9.95. The molecule has 0 aliphatic rings. The lowest BCUT2D eigenvalue weighted by molar-refractivity contribution is -0.123. The number of anilines is 2. The predicted octanol–water partition coefficient (Wildman–Crippen LogP) is 6.22. The maximum atomic E-state index is 12.4. The molecule has 0 saturated heterocycles. The second-order valence-electron chi connectivity index (χ2n) is 8.01. The van der Waals surface area contributed by atoms with Crippen molar-refractivity contribution in [2.24, 2.45) is 5.41 Å². The summed E-state index contributed by atoms with van der Waals surface area (Å²) in [6.07, 6.45) is 0. The number of rotatable bonds is 6. The monoisotopic (exact) mass is 418 g/mol. The number of nitrogens with one attached hydrogen (secondary N) is 2. The summed E-state index contributed by atoms with van der Waals surface area (Å²) < 4.78 is 0. The Labute approximate surface area is 182 Å². The number of carbonyl (C=O) groups excluding carboxylic acids is 2. The zero-order valence-corrected chi connectivity index (χ0v) is 18.3. The van der Waals surface area contributed by atoms with Crippen molar-refractivity contribution in [3.63, 3.8) is 0 Å². The third-order valence-electron chi connectivity index (χ3n) is 4.43. The van der Waals surface area contributed by atoms with Crippen LogP contribution in [0.3, 0.4) is 0 Å². The molecule has 0 spiro atoms. The number of para-hydroxylation sites is 1. The van der Waals surface area contributed by atoms with Gasteiger partial charge in [0.15, 0.2) is 0 Å². The molecular formula is C25H26N2O2S.